The van der Waals surface area contributed by atoms with Crippen LogP contribution in [0.3, 0.4) is 0 Å². The summed E-state index contributed by atoms with van der Waals surface area (Å²) in [5.74, 6) is 0.190. The van der Waals surface area contributed by atoms with Crippen LogP contribution in [-0.2, 0) is 4.74 Å². The number of aromatic amines is 1. The Hall–Kier alpha value is -3.46. The molecule has 34 heavy (non-hydrogen) atoms. The molecule has 9 heteroatoms. The lowest BCUT2D eigenvalue weighted by Crippen LogP contribution is -2.41. The summed E-state index contributed by atoms with van der Waals surface area (Å²) in [6.07, 6.45) is 3.13. The normalized spacial score (nSPS) is 12.2. The highest BCUT2D eigenvalue weighted by Crippen LogP contribution is 2.26. The van der Waals surface area contributed by atoms with E-state index in [0.29, 0.717) is 29.4 Å². The first-order chi connectivity index (χ1) is 16.4. The summed E-state index contributed by atoms with van der Waals surface area (Å²) in [5, 5.41) is 13.0. The summed E-state index contributed by atoms with van der Waals surface area (Å²) >= 11 is 0. The molecule has 3 rings (SSSR count). The van der Waals surface area contributed by atoms with Crippen molar-refractivity contribution in [2.45, 2.75) is 52.6 Å². The van der Waals surface area contributed by atoms with E-state index in [0.717, 1.165) is 18.4 Å². The predicted octanol–water partition coefficient (Wildman–Crippen LogP) is 4.05. The van der Waals surface area contributed by atoms with Crippen molar-refractivity contribution in [3.05, 3.63) is 48.0 Å². The van der Waals surface area contributed by atoms with E-state index < -0.39 is 0 Å². The molecule has 1 unspecified atom stereocenters. The van der Waals surface area contributed by atoms with Crippen LogP contribution in [0.1, 0.15) is 61.6 Å². The zero-order chi connectivity index (χ0) is 24.7. The Morgan fingerprint density at radius 2 is 1.82 bits per heavy atom. The predicted molar refractivity (Wildman–Crippen MR) is 129 cm³/mol. The molecule has 0 spiro atoms. The molecule has 1 atom stereocenters. The van der Waals surface area contributed by atoms with E-state index in [1.165, 1.54) is 6.20 Å². The molecular formula is C25H33N5O4. The molecule has 3 aromatic rings. The Kier molecular flexibility index (Phi) is 8.59. The summed E-state index contributed by atoms with van der Waals surface area (Å²) in [6, 6.07) is 9.15. The number of nitrogens with one attached hydrogen (secondary N) is 3. The van der Waals surface area contributed by atoms with Crippen molar-refractivity contribution in [2.24, 2.45) is 5.92 Å². The number of hydrogen-bond donors (Lipinski definition) is 3. The van der Waals surface area contributed by atoms with E-state index in [9.17, 15) is 9.59 Å². The fourth-order valence-electron chi connectivity index (χ4n) is 3.49. The molecule has 9 nitrogen and oxygen atoms in total. The number of oxazole rings is 1. The van der Waals surface area contributed by atoms with Crippen LogP contribution in [0.5, 0.6) is 0 Å². The zero-order valence-corrected chi connectivity index (χ0v) is 20.3. The second-order valence-corrected chi connectivity index (χ2v) is 8.54. The van der Waals surface area contributed by atoms with Gasteiger partial charge in [0.25, 0.3) is 11.8 Å². The minimum atomic E-state index is -0.277. The number of methoxy groups -OCH3 is 1. The van der Waals surface area contributed by atoms with E-state index in [2.05, 4.69) is 25.8 Å². The van der Waals surface area contributed by atoms with Gasteiger partial charge in [-0.05, 0) is 37.0 Å². The Bertz CT molecular complexity index is 1100. The van der Waals surface area contributed by atoms with E-state index in [-0.39, 0.29) is 35.6 Å². The van der Waals surface area contributed by atoms with Crippen LogP contribution in [0.15, 0.2) is 40.9 Å². The van der Waals surface area contributed by atoms with Crippen molar-refractivity contribution >= 4 is 11.8 Å². The SMILES string of the molecule is CCC(CC)NC(=O)c1cnc(-c2cccc(-c3cc(C(=O)NC(COC)C(C)C)n[nH]3)c2)o1. The van der Waals surface area contributed by atoms with Crippen molar-refractivity contribution in [2.75, 3.05) is 13.7 Å². The number of aromatic nitrogens is 3. The molecule has 0 aliphatic rings. The summed E-state index contributed by atoms with van der Waals surface area (Å²) in [7, 11) is 1.61. The first-order valence-electron chi connectivity index (χ1n) is 11.6. The molecule has 0 saturated carbocycles. The van der Waals surface area contributed by atoms with Crippen LogP contribution in [0.4, 0.5) is 0 Å². The van der Waals surface area contributed by atoms with Crippen LogP contribution in [-0.4, -0.2) is 52.8 Å². The summed E-state index contributed by atoms with van der Waals surface area (Å²) in [6.45, 7) is 8.53. The highest BCUT2D eigenvalue weighted by molar-refractivity contribution is 5.93. The van der Waals surface area contributed by atoms with Crippen LogP contribution >= 0.6 is 0 Å². The van der Waals surface area contributed by atoms with Gasteiger partial charge in [0, 0.05) is 24.3 Å². The number of nitrogens with zero attached hydrogens (tertiary/aromatic N) is 2. The smallest absolute Gasteiger partial charge is 0.288 e. The van der Waals surface area contributed by atoms with Gasteiger partial charge in [-0.3, -0.25) is 14.7 Å². The largest absolute Gasteiger partial charge is 0.431 e. The number of carbonyl (C=O) groups excluding carboxylic acids is 2. The number of ether oxygens (including phenoxy) is 1. The Morgan fingerprint density at radius 3 is 2.50 bits per heavy atom. The molecule has 0 aliphatic carbocycles. The molecule has 2 aromatic heterocycles. The average Bonchev–Trinajstić information content (AvgIpc) is 3.53. The third-order valence-corrected chi connectivity index (χ3v) is 5.75. The highest BCUT2D eigenvalue weighted by atomic mass is 16.5. The second-order valence-electron chi connectivity index (χ2n) is 8.54. The van der Waals surface area contributed by atoms with Crippen molar-refractivity contribution in [1.82, 2.24) is 25.8 Å². The van der Waals surface area contributed by atoms with Gasteiger partial charge >= 0.3 is 0 Å². The van der Waals surface area contributed by atoms with Gasteiger partial charge in [-0.2, -0.15) is 5.10 Å². The molecule has 2 amide bonds. The van der Waals surface area contributed by atoms with E-state index in [1.807, 2.05) is 52.0 Å². The molecule has 1 aromatic carbocycles. The number of hydrogen-bond acceptors (Lipinski definition) is 6. The molecule has 0 saturated heterocycles. The van der Waals surface area contributed by atoms with Gasteiger partial charge in [-0.1, -0.05) is 39.8 Å². The standard InChI is InChI=1S/C25H33N5O4/c1-6-18(7-2)27-24(32)22-13-26-25(34-22)17-10-8-9-16(11-17)19-12-20(30-29-19)23(31)28-21(14-33-5)15(3)4/h8-13,15,18,21H,6-7,14H2,1-5H3,(H,27,32)(H,28,31)(H,29,30). The lowest BCUT2D eigenvalue weighted by Gasteiger charge is -2.20. The number of benzene rings is 1. The molecule has 0 aliphatic heterocycles. The molecule has 2 heterocycles. The quantitative estimate of drug-likeness (QED) is 0.391. The lowest BCUT2D eigenvalue weighted by molar-refractivity contribution is 0.0860. The third-order valence-electron chi connectivity index (χ3n) is 5.75. The van der Waals surface area contributed by atoms with Gasteiger partial charge in [-0.25, -0.2) is 4.98 Å². The maximum atomic E-state index is 12.6. The van der Waals surface area contributed by atoms with Crippen molar-refractivity contribution in [3.63, 3.8) is 0 Å². The van der Waals surface area contributed by atoms with Gasteiger partial charge in [0.05, 0.1) is 24.5 Å². The van der Waals surface area contributed by atoms with Crippen molar-refractivity contribution < 1.29 is 18.7 Å². The molecular weight excluding hydrogens is 434 g/mol. The Labute approximate surface area is 199 Å². The maximum absolute atomic E-state index is 12.6. The minimum absolute atomic E-state index is 0.0986. The van der Waals surface area contributed by atoms with E-state index in [1.54, 1.807) is 13.2 Å². The number of amides is 2. The Balaban J connectivity index is 1.74. The zero-order valence-electron chi connectivity index (χ0n) is 20.3. The first kappa shape index (κ1) is 25.2. The van der Waals surface area contributed by atoms with Gasteiger partial charge in [0.2, 0.25) is 11.7 Å². The molecule has 3 N–H and O–H groups in total. The van der Waals surface area contributed by atoms with Crippen molar-refractivity contribution in [1.29, 1.82) is 0 Å². The van der Waals surface area contributed by atoms with Crippen LogP contribution in [0.25, 0.3) is 22.7 Å². The first-order valence-corrected chi connectivity index (χ1v) is 11.6. The summed E-state index contributed by atoms with van der Waals surface area (Å²) < 4.78 is 10.9. The maximum Gasteiger partial charge on any atom is 0.288 e. The van der Waals surface area contributed by atoms with Crippen LogP contribution in [0, 0.1) is 5.92 Å². The summed E-state index contributed by atoms with van der Waals surface area (Å²) in [5.41, 5.74) is 2.49. The van der Waals surface area contributed by atoms with E-state index in [4.69, 9.17) is 9.15 Å². The van der Waals surface area contributed by atoms with Gasteiger partial charge in [0.1, 0.15) is 0 Å². The van der Waals surface area contributed by atoms with Crippen molar-refractivity contribution in [3.8, 4) is 22.7 Å². The number of rotatable bonds is 11. The van der Waals surface area contributed by atoms with Gasteiger partial charge in [0.15, 0.2) is 5.69 Å². The van der Waals surface area contributed by atoms with Crippen LogP contribution in [0.2, 0.25) is 0 Å². The lowest BCUT2D eigenvalue weighted by atomic mass is 10.1. The molecule has 182 valence electrons. The monoisotopic (exact) mass is 467 g/mol. The minimum Gasteiger partial charge on any atom is -0.431 e. The van der Waals surface area contributed by atoms with Gasteiger partial charge < -0.3 is 19.8 Å². The number of carbonyl (C=O) groups is 2. The van der Waals surface area contributed by atoms with Gasteiger partial charge in [-0.15, -0.1) is 0 Å². The molecule has 0 fully saturated rings. The molecule has 0 radical (unpaired) electrons. The average molecular weight is 468 g/mol. The Morgan fingerprint density at radius 1 is 1.09 bits per heavy atom. The topological polar surface area (TPSA) is 122 Å². The number of H-pyrrole nitrogens is 1. The summed E-state index contributed by atoms with van der Waals surface area (Å²) in [4.78, 5) is 29.3. The highest BCUT2D eigenvalue weighted by Gasteiger charge is 2.20. The second kappa shape index (κ2) is 11.6. The van der Waals surface area contributed by atoms with Crippen LogP contribution < -0.4 is 10.6 Å². The fraction of sp³-hybridized carbons (Fsp3) is 0.440. The third kappa shape index (κ3) is 6.11. The molecule has 0 bridgehead atoms. The van der Waals surface area contributed by atoms with E-state index >= 15 is 0 Å². The fourth-order valence-corrected chi connectivity index (χ4v) is 3.49.